The van der Waals surface area contributed by atoms with Crippen molar-refractivity contribution in [3.8, 4) is 5.75 Å². The minimum Gasteiger partial charge on any atom is -0.496 e. The summed E-state index contributed by atoms with van der Waals surface area (Å²) in [6.45, 7) is 2.21. The van der Waals surface area contributed by atoms with E-state index in [0.29, 0.717) is 13.0 Å². The van der Waals surface area contributed by atoms with E-state index in [2.05, 4.69) is 5.32 Å². The zero-order chi connectivity index (χ0) is 11.5. The average Bonchev–Trinajstić information content (AvgIpc) is 2.72. The molecule has 1 aliphatic rings. The zero-order valence-corrected chi connectivity index (χ0v) is 9.45. The van der Waals surface area contributed by atoms with Gasteiger partial charge in [0.1, 0.15) is 11.8 Å². The minimum absolute atomic E-state index is 0.208. The Kier molecular flexibility index (Phi) is 2.99. The van der Waals surface area contributed by atoms with Crippen LogP contribution in [0.3, 0.4) is 0 Å². The Morgan fingerprint density at radius 3 is 3.06 bits per heavy atom. The van der Waals surface area contributed by atoms with Gasteiger partial charge in [-0.05, 0) is 19.1 Å². The lowest BCUT2D eigenvalue weighted by atomic mass is 10.1. The van der Waals surface area contributed by atoms with Gasteiger partial charge >= 0.3 is 5.97 Å². The van der Waals surface area contributed by atoms with E-state index in [0.717, 1.165) is 17.0 Å². The van der Waals surface area contributed by atoms with Crippen LogP contribution >= 0.6 is 0 Å². The van der Waals surface area contributed by atoms with Crippen LogP contribution in [0, 0.1) is 0 Å². The van der Waals surface area contributed by atoms with Crippen LogP contribution in [-0.4, -0.2) is 25.7 Å². The summed E-state index contributed by atoms with van der Waals surface area (Å²) < 4.78 is 10.2. The Labute approximate surface area is 94.6 Å². The number of carbonyl (C=O) groups is 1. The van der Waals surface area contributed by atoms with Crippen LogP contribution in [0.5, 0.6) is 5.75 Å². The summed E-state index contributed by atoms with van der Waals surface area (Å²) in [7, 11) is 1.63. The molecule has 0 radical (unpaired) electrons. The molecule has 2 rings (SSSR count). The second-order valence-corrected chi connectivity index (χ2v) is 3.64. The summed E-state index contributed by atoms with van der Waals surface area (Å²) in [4.78, 5) is 11.6. The molecular formula is C12H15NO3. The number of rotatable bonds is 3. The van der Waals surface area contributed by atoms with E-state index in [9.17, 15) is 4.79 Å². The Balaban J connectivity index is 2.17. The molecule has 1 heterocycles. The summed E-state index contributed by atoms with van der Waals surface area (Å²) in [6, 6.07) is 5.45. The molecule has 4 nitrogen and oxygen atoms in total. The number of methoxy groups -OCH3 is 1. The van der Waals surface area contributed by atoms with Gasteiger partial charge in [0.2, 0.25) is 0 Å². The fourth-order valence-corrected chi connectivity index (χ4v) is 1.93. The van der Waals surface area contributed by atoms with Crippen LogP contribution in [0.25, 0.3) is 0 Å². The van der Waals surface area contributed by atoms with Gasteiger partial charge in [-0.15, -0.1) is 0 Å². The molecule has 0 saturated heterocycles. The highest BCUT2D eigenvalue weighted by Crippen LogP contribution is 2.33. The van der Waals surface area contributed by atoms with Gasteiger partial charge in [-0.2, -0.15) is 0 Å². The summed E-state index contributed by atoms with van der Waals surface area (Å²) >= 11 is 0. The first-order chi connectivity index (χ1) is 7.76. The summed E-state index contributed by atoms with van der Waals surface area (Å²) in [5, 5.41) is 3.14. The van der Waals surface area contributed by atoms with Crippen LogP contribution in [-0.2, 0) is 16.0 Å². The maximum Gasteiger partial charge on any atom is 0.328 e. The summed E-state index contributed by atoms with van der Waals surface area (Å²) in [6.07, 6.45) is 0.623. The molecule has 86 valence electrons. The number of hydrogen-bond donors (Lipinski definition) is 1. The average molecular weight is 221 g/mol. The second kappa shape index (κ2) is 4.43. The van der Waals surface area contributed by atoms with E-state index in [1.165, 1.54) is 0 Å². The number of fused-ring (bicyclic) bond motifs is 1. The SMILES string of the molecule is CCOC(=O)C1Cc2c(cccc2OC)N1. The highest BCUT2D eigenvalue weighted by molar-refractivity contribution is 5.83. The van der Waals surface area contributed by atoms with E-state index < -0.39 is 0 Å². The smallest absolute Gasteiger partial charge is 0.328 e. The third-order valence-electron chi connectivity index (χ3n) is 2.66. The van der Waals surface area contributed by atoms with Crippen LogP contribution < -0.4 is 10.1 Å². The molecule has 0 fully saturated rings. The molecule has 1 aliphatic heterocycles. The van der Waals surface area contributed by atoms with Gasteiger partial charge < -0.3 is 14.8 Å². The third kappa shape index (κ3) is 1.83. The van der Waals surface area contributed by atoms with Crippen molar-refractivity contribution in [2.75, 3.05) is 19.0 Å². The van der Waals surface area contributed by atoms with Gasteiger partial charge in [0.25, 0.3) is 0 Å². The fraction of sp³-hybridized carbons (Fsp3) is 0.417. The molecule has 1 N–H and O–H groups in total. The Morgan fingerprint density at radius 1 is 1.56 bits per heavy atom. The molecule has 0 aliphatic carbocycles. The van der Waals surface area contributed by atoms with Gasteiger partial charge in [-0.1, -0.05) is 6.07 Å². The molecule has 1 aromatic rings. The number of benzene rings is 1. The molecule has 0 amide bonds. The number of hydrogen-bond acceptors (Lipinski definition) is 4. The molecule has 0 saturated carbocycles. The van der Waals surface area contributed by atoms with Crippen molar-refractivity contribution < 1.29 is 14.3 Å². The van der Waals surface area contributed by atoms with E-state index >= 15 is 0 Å². The maximum absolute atomic E-state index is 11.6. The first-order valence-corrected chi connectivity index (χ1v) is 5.35. The number of carbonyl (C=O) groups excluding carboxylic acids is 1. The van der Waals surface area contributed by atoms with Gasteiger partial charge in [0.05, 0.1) is 13.7 Å². The molecule has 1 atom stereocenters. The molecule has 4 heteroatoms. The first kappa shape index (κ1) is 10.8. The van der Waals surface area contributed by atoms with Gasteiger partial charge in [0.15, 0.2) is 0 Å². The van der Waals surface area contributed by atoms with E-state index in [1.54, 1.807) is 14.0 Å². The minimum atomic E-state index is -0.286. The van der Waals surface area contributed by atoms with Crippen molar-refractivity contribution in [3.05, 3.63) is 23.8 Å². The molecule has 16 heavy (non-hydrogen) atoms. The van der Waals surface area contributed by atoms with Gasteiger partial charge in [-0.25, -0.2) is 4.79 Å². The number of ether oxygens (including phenoxy) is 2. The Bertz CT molecular complexity index is 403. The standard InChI is InChI=1S/C12H15NO3/c1-3-16-12(14)10-7-8-9(13-10)5-4-6-11(8)15-2/h4-6,10,13H,3,7H2,1-2H3. The molecule has 0 aromatic heterocycles. The van der Waals surface area contributed by atoms with Gasteiger partial charge in [-0.3, -0.25) is 0 Å². The summed E-state index contributed by atoms with van der Waals surface area (Å²) in [5.41, 5.74) is 2.00. The van der Waals surface area contributed by atoms with Crippen molar-refractivity contribution in [1.29, 1.82) is 0 Å². The first-order valence-electron chi connectivity index (χ1n) is 5.35. The maximum atomic E-state index is 11.6. The predicted molar refractivity (Wildman–Crippen MR) is 60.7 cm³/mol. The normalized spacial score (nSPS) is 17.5. The van der Waals surface area contributed by atoms with Crippen molar-refractivity contribution in [2.24, 2.45) is 0 Å². The zero-order valence-electron chi connectivity index (χ0n) is 9.45. The van der Waals surface area contributed by atoms with Crippen LogP contribution in [0.15, 0.2) is 18.2 Å². The topological polar surface area (TPSA) is 47.6 Å². The molecule has 0 spiro atoms. The quantitative estimate of drug-likeness (QED) is 0.787. The number of anilines is 1. The van der Waals surface area contributed by atoms with Crippen LogP contribution in [0.2, 0.25) is 0 Å². The van der Waals surface area contributed by atoms with Crippen molar-refractivity contribution >= 4 is 11.7 Å². The Morgan fingerprint density at radius 2 is 2.38 bits per heavy atom. The van der Waals surface area contributed by atoms with E-state index in [1.807, 2.05) is 18.2 Å². The summed E-state index contributed by atoms with van der Waals surface area (Å²) in [5.74, 6) is 0.609. The highest BCUT2D eigenvalue weighted by atomic mass is 16.5. The van der Waals surface area contributed by atoms with Crippen molar-refractivity contribution in [1.82, 2.24) is 0 Å². The molecule has 1 aromatic carbocycles. The predicted octanol–water partition coefficient (Wildman–Crippen LogP) is 1.59. The molecule has 0 bridgehead atoms. The van der Waals surface area contributed by atoms with Crippen molar-refractivity contribution in [2.45, 2.75) is 19.4 Å². The molecule has 1 unspecified atom stereocenters. The largest absolute Gasteiger partial charge is 0.496 e. The van der Waals surface area contributed by atoms with Crippen LogP contribution in [0.1, 0.15) is 12.5 Å². The van der Waals surface area contributed by atoms with E-state index in [4.69, 9.17) is 9.47 Å². The number of esters is 1. The Hall–Kier alpha value is -1.71. The van der Waals surface area contributed by atoms with Crippen molar-refractivity contribution in [3.63, 3.8) is 0 Å². The lowest BCUT2D eigenvalue weighted by Crippen LogP contribution is -2.28. The van der Waals surface area contributed by atoms with Crippen LogP contribution in [0.4, 0.5) is 5.69 Å². The molecular weight excluding hydrogens is 206 g/mol. The lowest BCUT2D eigenvalue weighted by Gasteiger charge is -2.09. The third-order valence-corrected chi connectivity index (χ3v) is 2.66. The van der Waals surface area contributed by atoms with E-state index in [-0.39, 0.29) is 12.0 Å². The monoisotopic (exact) mass is 221 g/mol. The lowest BCUT2D eigenvalue weighted by molar-refractivity contribution is -0.143. The van der Waals surface area contributed by atoms with Gasteiger partial charge in [0, 0.05) is 17.7 Å². The second-order valence-electron chi connectivity index (χ2n) is 3.64. The highest BCUT2D eigenvalue weighted by Gasteiger charge is 2.29. The fourth-order valence-electron chi connectivity index (χ4n) is 1.93. The number of nitrogens with one attached hydrogen (secondary N) is 1.